The van der Waals surface area contributed by atoms with E-state index in [1.807, 2.05) is 36.4 Å². The van der Waals surface area contributed by atoms with Crippen molar-refractivity contribution >= 4 is 34.0 Å². The van der Waals surface area contributed by atoms with Gasteiger partial charge in [-0.2, -0.15) is 0 Å². The molecule has 21 heavy (non-hydrogen) atoms. The molecule has 0 fully saturated rings. The predicted octanol–water partition coefficient (Wildman–Crippen LogP) is 4.07. The number of hydrogen-bond donors (Lipinski definition) is 1. The summed E-state index contributed by atoms with van der Waals surface area (Å²) in [7, 11) is 0. The Bertz CT molecular complexity index is 779. The average molecular weight is 297 g/mol. The number of nitrogens with zero attached hydrogens (tertiary/aromatic N) is 1. The molecule has 0 bridgehead atoms. The van der Waals surface area contributed by atoms with Crippen molar-refractivity contribution in [1.29, 1.82) is 0 Å². The van der Waals surface area contributed by atoms with Crippen molar-refractivity contribution in [2.24, 2.45) is 0 Å². The monoisotopic (exact) mass is 296 g/mol. The molecule has 1 N–H and O–H groups in total. The van der Waals surface area contributed by atoms with Crippen molar-refractivity contribution in [2.45, 2.75) is 6.42 Å². The Labute approximate surface area is 127 Å². The van der Waals surface area contributed by atoms with Crippen molar-refractivity contribution in [1.82, 2.24) is 4.98 Å². The first-order valence-electron chi connectivity index (χ1n) is 6.59. The minimum absolute atomic E-state index is 0.0736. The van der Waals surface area contributed by atoms with Gasteiger partial charge in [-0.25, -0.2) is 0 Å². The number of halogens is 1. The average Bonchev–Trinajstić information content (AvgIpc) is 2.50. The molecule has 0 radical (unpaired) electrons. The van der Waals surface area contributed by atoms with Crippen molar-refractivity contribution in [3.63, 3.8) is 0 Å². The molecule has 1 aromatic heterocycles. The summed E-state index contributed by atoms with van der Waals surface area (Å²) in [4.78, 5) is 16.3. The maximum atomic E-state index is 12.1. The summed E-state index contributed by atoms with van der Waals surface area (Å²) >= 11 is 5.83. The summed E-state index contributed by atoms with van der Waals surface area (Å²) in [5.41, 5.74) is 1.65. The fourth-order valence-electron chi connectivity index (χ4n) is 2.20. The summed E-state index contributed by atoms with van der Waals surface area (Å²) in [6, 6.07) is 15.1. The highest BCUT2D eigenvalue weighted by Crippen LogP contribution is 2.21. The van der Waals surface area contributed by atoms with Gasteiger partial charge in [0.1, 0.15) is 0 Å². The number of nitrogens with one attached hydrogen (secondary N) is 1. The smallest absolute Gasteiger partial charge is 0.228 e. The van der Waals surface area contributed by atoms with Crippen LogP contribution >= 0.6 is 11.6 Å². The predicted molar refractivity (Wildman–Crippen MR) is 85.5 cm³/mol. The van der Waals surface area contributed by atoms with Gasteiger partial charge in [-0.3, -0.25) is 9.78 Å². The van der Waals surface area contributed by atoms with E-state index in [2.05, 4.69) is 10.3 Å². The number of fused-ring (bicyclic) bond motifs is 1. The third-order valence-corrected chi connectivity index (χ3v) is 3.47. The van der Waals surface area contributed by atoms with Crippen LogP contribution in [0.15, 0.2) is 60.9 Å². The van der Waals surface area contributed by atoms with Crippen LogP contribution in [-0.2, 0) is 11.2 Å². The topological polar surface area (TPSA) is 42.0 Å². The summed E-state index contributed by atoms with van der Waals surface area (Å²) in [5, 5.41) is 5.56. The molecule has 104 valence electrons. The van der Waals surface area contributed by atoms with Gasteiger partial charge in [0.25, 0.3) is 0 Å². The zero-order valence-corrected chi connectivity index (χ0v) is 12.0. The Morgan fingerprint density at radius 3 is 2.62 bits per heavy atom. The van der Waals surface area contributed by atoms with Gasteiger partial charge >= 0.3 is 0 Å². The first kappa shape index (κ1) is 13.6. The lowest BCUT2D eigenvalue weighted by atomic mass is 10.1. The fourth-order valence-corrected chi connectivity index (χ4v) is 2.32. The Morgan fingerprint density at radius 2 is 1.81 bits per heavy atom. The SMILES string of the molecule is O=C(Cc1ccc(Cl)cc1)Nc1cncc2ccccc12. The van der Waals surface area contributed by atoms with Crippen LogP contribution in [0.25, 0.3) is 10.8 Å². The van der Waals surface area contributed by atoms with Crippen LogP contribution in [-0.4, -0.2) is 10.9 Å². The number of carbonyl (C=O) groups is 1. The molecular formula is C17H13ClN2O. The molecule has 0 saturated heterocycles. The number of aromatic nitrogens is 1. The molecule has 0 saturated carbocycles. The maximum Gasteiger partial charge on any atom is 0.228 e. The largest absolute Gasteiger partial charge is 0.324 e. The second-order valence-electron chi connectivity index (χ2n) is 4.76. The summed E-state index contributed by atoms with van der Waals surface area (Å²) in [5.74, 6) is -0.0736. The van der Waals surface area contributed by atoms with Crippen molar-refractivity contribution in [3.8, 4) is 0 Å². The van der Waals surface area contributed by atoms with Gasteiger partial charge in [0.2, 0.25) is 5.91 Å². The van der Waals surface area contributed by atoms with E-state index in [0.29, 0.717) is 11.4 Å². The molecule has 2 aromatic carbocycles. The lowest BCUT2D eigenvalue weighted by molar-refractivity contribution is -0.115. The van der Waals surface area contributed by atoms with Crippen molar-refractivity contribution in [2.75, 3.05) is 5.32 Å². The molecule has 3 aromatic rings. The molecule has 0 unspecified atom stereocenters. The van der Waals surface area contributed by atoms with E-state index in [0.717, 1.165) is 22.0 Å². The number of amides is 1. The van der Waals surface area contributed by atoms with Gasteiger partial charge < -0.3 is 5.32 Å². The second kappa shape index (κ2) is 5.94. The van der Waals surface area contributed by atoms with E-state index in [4.69, 9.17) is 11.6 Å². The van der Waals surface area contributed by atoms with Crippen LogP contribution < -0.4 is 5.32 Å². The highest BCUT2D eigenvalue weighted by Gasteiger charge is 2.07. The van der Waals surface area contributed by atoms with Crippen LogP contribution in [0.2, 0.25) is 5.02 Å². The molecule has 1 amide bonds. The van der Waals surface area contributed by atoms with Gasteiger partial charge in [0.15, 0.2) is 0 Å². The minimum Gasteiger partial charge on any atom is -0.324 e. The fraction of sp³-hybridized carbons (Fsp3) is 0.0588. The number of anilines is 1. The van der Waals surface area contributed by atoms with E-state index < -0.39 is 0 Å². The van der Waals surface area contributed by atoms with E-state index in [9.17, 15) is 4.79 Å². The molecule has 0 atom stereocenters. The number of rotatable bonds is 3. The number of pyridine rings is 1. The summed E-state index contributed by atoms with van der Waals surface area (Å²) in [6.45, 7) is 0. The summed E-state index contributed by atoms with van der Waals surface area (Å²) < 4.78 is 0. The molecule has 0 spiro atoms. The highest BCUT2D eigenvalue weighted by molar-refractivity contribution is 6.30. The van der Waals surface area contributed by atoms with E-state index in [1.165, 1.54) is 0 Å². The molecule has 0 aliphatic heterocycles. The number of benzene rings is 2. The van der Waals surface area contributed by atoms with Gasteiger partial charge in [-0.05, 0) is 17.7 Å². The first-order chi connectivity index (χ1) is 10.2. The van der Waals surface area contributed by atoms with Gasteiger partial charge in [0.05, 0.1) is 18.3 Å². The molecule has 3 rings (SSSR count). The Kier molecular flexibility index (Phi) is 3.84. The minimum atomic E-state index is -0.0736. The third kappa shape index (κ3) is 3.20. The van der Waals surface area contributed by atoms with Gasteiger partial charge in [0, 0.05) is 22.0 Å². The highest BCUT2D eigenvalue weighted by atomic mass is 35.5. The lowest BCUT2D eigenvalue weighted by Crippen LogP contribution is -2.14. The molecule has 0 aliphatic carbocycles. The Balaban J connectivity index is 1.79. The Morgan fingerprint density at radius 1 is 1.05 bits per heavy atom. The van der Waals surface area contributed by atoms with Crippen LogP contribution in [0, 0.1) is 0 Å². The maximum absolute atomic E-state index is 12.1. The normalized spacial score (nSPS) is 10.5. The van der Waals surface area contributed by atoms with Crippen LogP contribution in [0.4, 0.5) is 5.69 Å². The molecule has 0 aliphatic rings. The standard InChI is InChI=1S/C17H13ClN2O/c18-14-7-5-12(6-8-14)9-17(21)20-16-11-19-10-13-3-1-2-4-15(13)16/h1-8,10-11H,9H2,(H,20,21). The van der Waals surface area contributed by atoms with E-state index in [1.54, 1.807) is 24.5 Å². The molecule has 3 nitrogen and oxygen atoms in total. The van der Waals surface area contributed by atoms with Crippen molar-refractivity contribution < 1.29 is 4.79 Å². The number of carbonyl (C=O) groups excluding carboxylic acids is 1. The van der Waals surface area contributed by atoms with Gasteiger partial charge in [-0.15, -0.1) is 0 Å². The van der Waals surface area contributed by atoms with E-state index >= 15 is 0 Å². The first-order valence-corrected chi connectivity index (χ1v) is 6.97. The molecular weight excluding hydrogens is 284 g/mol. The number of hydrogen-bond acceptors (Lipinski definition) is 2. The Hall–Kier alpha value is -2.39. The van der Waals surface area contributed by atoms with Crippen LogP contribution in [0.5, 0.6) is 0 Å². The van der Waals surface area contributed by atoms with Crippen molar-refractivity contribution in [3.05, 3.63) is 71.5 Å². The summed E-state index contributed by atoms with van der Waals surface area (Å²) in [6.07, 6.45) is 3.76. The van der Waals surface area contributed by atoms with Crippen LogP contribution in [0.1, 0.15) is 5.56 Å². The van der Waals surface area contributed by atoms with Gasteiger partial charge in [-0.1, -0.05) is 48.0 Å². The third-order valence-electron chi connectivity index (χ3n) is 3.22. The van der Waals surface area contributed by atoms with Crippen LogP contribution in [0.3, 0.4) is 0 Å². The van der Waals surface area contributed by atoms with E-state index in [-0.39, 0.29) is 5.91 Å². The quantitative estimate of drug-likeness (QED) is 0.791. The second-order valence-corrected chi connectivity index (χ2v) is 5.20. The zero-order chi connectivity index (χ0) is 14.7. The zero-order valence-electron chi connectivity index (χ0n) is 11.2. The molecule has 1 heterocycles. The lowest BCUT2D eigenvalue weighted by Gasteiger charge is -2.08. The molecule has 4 heteroatoms.